The third-order valence-electron chi connectivity index (χ3n) is 3.44. The molecule has 0 saturated heterocycles. The Bertz CT molecular complexity index is 920. The second-order valence-electron chi connectivity index (χ2n) is 4.89. The third kappa shape index (κ3) is 2.63. The molecule has 0 saturated carbocycles. The van der Waals surface area contributed by atoms with Crippen molar-refractivity contribution in [3.8, 4) is 0 Å². The first-order chi connectivity index (χ1) is 10.6. The Labute approximate surface area is 131 Å². The van der Waals surface area contributed by atoms with E-state index >= 15 is 0 Å². The van der Waals surface area contributed by atoms with Gasteiger partial charge < -0.3 is 4.57 Å². The van der Waals surface area contributed by atoms with Crippen LogP contribution in [0.1, 0.15) is 16.1 Å². The van der Waals surface area contributed by atoms with Crippen LogP contribution in [-0.2, 0) is 13.5 Å². The van der Waals surface area contributed by atoms with E-state index in [4.69, 9.17) is 11.6 Å². The van der Waals surface area contributed by atoms with Crippen molar-refractivity contribution in [3.63, 3.8) is 0 Å². The van der Waals surface area contributed by atoms with E-state index in [1.54, 1.807) is 49.8 Å². The molecule has 3 aromatic rings. The average Bonchev–Trinajstić information content (AvgIpc) is 2.53. The van der Waals surface area contributed by atoms with Crippen LogP contribution in [0.2, 0.25) is 5.02 Å². The fourth-order valence-corrected chi connectivity index (χ4v) is 2.44. The molecule has 0 aliphatic heterocycles. The van der Waals surface area contributed by atoms with Crippen molar-refractivity contribution >= 4 is 28.4 Å². The summed E-state index contributed by atoms with van der Waals surface area (Å²) in [6.45, 7) is 0. The quantitative estimate of drug-likeness (QED) is 0.697. The number of aryl methyl sites for hydroxylation is 1. The fourth-order valence-electron chi connectivity index (χ4n) is 2.27. The van der Waals surface area contributed by atoms with Gasteiger partial charge >= 0.3 is 0 Å². The van der Waals surface area contributed by atoms with Crippen LogP contribution in [0.5, 0.6) is 0 Å². The van der Waals surface area contributed by atoms with E-state index in [1.165, 1.54) is 4.57 Å². The number of aromatic nitrogens is 3. The summed E-state index contributed by atoms with van der Waals surface area (Å²) < 4.78 is 1.48. The zero-order chi connectivity index (χ0) is 15.7. The third-order valence-corrected chi connectivity index (χ3v) is 3.67. The largest absolute Gasteiger partial charge is 0.308 e. The molecule has 0 aliphatic carbocycles. The van der Waals surface area contributed by atoms with Gasteiger partial charge in [0, 0.05) is 30.0 Å². The van der Waals surface area contributed by atoms with Crippen LogP contribution in [0.15, 0.2) is 47.5 Å². The summed E-state index contributed by atoms with van der Waals surface area (Å²) in [5.41, 5.74) is 1.70. The number of ketones is 1. The zero-order valence-corrected chi connectivity index (χ0v) is 12.5. The summed E-state index contributed by atoms with van der Waals surface area (Å²) in [6.07, 6.45) is 3.02. The molecule has 110 valence electrons. The maximum atomic E-state index is 12.3. The Balaban J connectivity index is 2.06. The molecule has 0 atom stereocenters. The molecule has 0 fully saturated rings. The number of hydrogen-bond donors (Lipinski definition) is 0. The highest BCUT2D eigenvalue weighted by Gasteiger charge is 2.14. The first-order valence-electron chi connectivity index (χ1n) is 6.64. The van der Waals surface area contributed by atoms with Gasteiger partial charge in [0.25, 0.3) is 5.56 Å². The van der Waals surface area contributed by atoms with Gasteiger partial charge in [0.1, 0.15) is 5.69 Å². The number of halogens is 1. The van der Waals surface area contributed by atoms with Crippen LogP contribution in [0.3, 0.4) is 0 Å². The second-order valence-corrected chi connectivity index (χ2v) is 5.33. The molecule has 3 rings (SSSR count). The summed E-state index contributed by atoms with van der Waals surface area (Å²) >= 11 is 5.96. The van der Waals surface area contributed by atoms with Crippen molar-refractivity contribution in [1.82, 2.24) is 14.5 Å². The van der Waals surface area contributed by atoms with Crippen LogP contribution in [-0.4, -0.2) is 20.3 Å². The van der Waals surface area contributed by atoms with Crippen LogP contribution < -0.4 is 5.56 Å². The van der Waals surface area contributed by atoms with E-state index in [0.29, 0.717) is 21.6 Å². The number of nitrogens with zero attached hydrogens (tertiary/aromatic N) is 3. The fraction of sp³-hybridized carbons (Fsp3) is 0.125. The maximum absolute atomic E-state index is 12.3. The number of carbonyl (C=O) groups excluding carboxylic acids is 1. The lowest BCUT2D eigenvalue weighted by Crippen LogP contribution is -2.25. The number of pyridine rings is 1. The highest BCUT2D eigenvalue weighted by Crippen LogP contribution is 2.16. The van der Waals surface area contributed by atoms with Crippen LogP contribution in [0, 0.1) is 0 Å². The van der Waals surface area contributed by atoms with Gasteiger partial charge in [0.2, 0.25) is 0 Å². The molecule has 5 nitrogen and oxygen atoms in total. The molecule has 2 heterocycles. The molecule has 0 radical (unpaired) electrons. The minimum Gasteiger partial charge on any atom is -0.308 e. The van der Waals surface area contributed by atoms with Crippen molar-refractivity contribution in [2.45, 2.75) is 6.42 Å². The minimum absolute atomic E-state index is 0.0564. The predicted octanol–water partition coefficient (Wildman–Crippen LogP) is 2.41. The van der Waals surface area contributed by atoms with Crippen LogP contribution in [0.4, 0.5) is 0 Å². The molecule has 0 unspecified atom stereocenters. The predicted molar refractivity (Wildman–Crippen MR) is 84.3 cm³/mol. The summed E-state index contributed by atoms with van der Waals surface area (Å²) in [5.74, 6) is -0.173. The monoisotopic (exact) mass is 313 g/mol. The Morgan fingerprint density at radius 1 is 1.23 bits per heavy atom. The number of fused-ring (bicyclic) bond motifs is 1. The molecule has 0 spiro atoms. The van der Waals surface area contributed by atoms with Crippen molar-refractivity contribution in [1.29, 1.82) is 0 Å². The number of Topliss-reactive ketones (excluding diaryl/α,β-unsaturated/α-hetero) is 1. The SMILES string of the molecule is Cn1c(=O)c(CC(=O)c2ccncc2)nc2cc(Cl)ccc21. The van der Waals surface area contributed by atoms with Gasteiger partial charge in [0.15, 0.2) is 5.78 Å². The Morgan fingerprint density at radius 3 is 2.68 bits per heavy atom. The molecule has 0 N–H and O–H groups in total. The van der Waals surface area contributed by atoms with Gasteiger partial charge in [-0.2, -0.15) is 0 Å². The molecule has 6 heteroatoms. The molecule has 1 aromatic carbocycles. The number of benzene rings is 1. The lowest BCUT2D eigenvalue weighted by atomic mass is 10.1. The molecular formula is C16H12ClN3O2. The summed E-state index contributed by atoms with van der Waals surface area (Å²) in [5, 5.41) is 0.532. The van der Waals surface area contributed by atoms with Crippen molar-refractivity contribution < 1.29 is 4.79 Å². The van der Waals surface area contributed by atoms with E-state index in [2.05, 4.69) is 9.97 Å². The molecule has 2 aromatic heterocycles. The van der Waals surface area contributed by atoms with Crippen molar-refractivity contribution in [3.05, 3.63) is 69.4 Å². The Morgan fingerprint density at radius 2 is 1.95 bits per heavy atom. The highest BCUT2D eigenvalue weighted by molar-refractivity contribution is 6.31. The first kappa shape index (κ1) is 14.4. The Kier molecular flexibility index (Phi) is 3.73. The normalized spacial score (nSPS) is 10.8. The number of hydrogen-bond acceptors (Lipinski definition) is 4. The van der Waals surface area contributed by atoms with Gasteiger partial charge in [0.05, 0.1) is 17.5 Å². The van der Waals surface area contributed by atoms with Crippen LogP contribution >= 0.6 is 11.6 Å². The second kappa shape index (κ2) is 5.69. The van der Waals surface area contributed by atoms with Gasteiger partial charge in [-0.15, -0.1) is 0 Å². The molecule has 0 amide bonds. The summed E-state index contributed by atoms with van der Waals surface area (Å²) in [7, 11) is 1.65. The smallest absolute Gasteiger partial charge is 0.272 e. The lowest BCUT2D eigenvalue weighted by molar-refractivity contribution is 0.0991. The molecule has 0 aliphatic rings. The minimum atomic E-state index is -0.280. The van der Waals surface area contributed by atoms with Gasteiger partial charge in [-0.25, -0.2) is 4.98 Å². The highest BCUT2D eigenvalue weighted by atomic mass is 35.5. The van der Waals surface area contributed by atoms with E-state index in [-0.39, 0.29) is 23.5 Å². The number of rotatable bonds is 3. The summed E-state index contributed by atoms with van der Waals surface area (Å²) in [4.78, 5) is 32.8. The zero-order valence-electron chi connectivity index (χ0n) is 11.8. The van der Waals surface area contributed by atoms with E-state index in [9.17, 15) is 9.59 Å². The standard InChI is InChI=1S/C16H12ClN3O2/c1-20-14-3-2-11(17)8-12(14)19-13(16(20)22)9-15(21)10-4-6-18-7-5-10/h2-8H,9H2,1H3. The topological polar surface area (TPSA) is 64.8 Å². The number of carbonyl (C=O) groups is 1. The average molecular weight is 314 g/mol. The summed E-state index contributed by atoms with van der Waals surface area (Å²) in [6, 6.07) is 8.35. The van der Waals surface area contributed by atoms with Crippen molar-refractivity contribution in [2.75, 3.05) is 0 Å². The van der Waals surface area contributed by atoms with E-state index in [1.807, 2.05) is 0 Å². The maximum Gasteiger partial charge on any atom is 0.272 e. The van der Waals surface area contributed by atoms with Gasteiger partial charge in [-0.3, -0.25) is 14.6 Å². The van der Waals surface area contributed by atoms with E-state index < -0.39 is 0 Å². The van der Waals surface area contributed by atoms with Gasteiger partial charge in [-0.1, -0.05) is 11.6 Å². The Hall–Kier alpha value is -2.53. The first-order valence-corrected chi connectivity index (χ1v) is 7.02. The van der Waals surface area contributed by atoms with Gasteiger partial charge in [-0.05, 0) is 30.3 Å². The van der Waals surface area contributed by atoms with E-state index in [0.717, 1.165) is 0 Å². The van der Waals surface area contributed by atoms with Crippen LogP contribution in [0.25, 0.3) is 11.0 Å². The molecular weight excluding hydrogens is 302 g/mol. The lowest BCUT2D eigenvalue weighted by Gasteiger charge is -2.08. The molecule has 0 bridgehead atoms. The van der Waals surface area contributed by atoms with Crippen molar-refractivity contribution in [2.24, 2.45) is 7.05 Å². The molecule has 22 heavy (non-hydrogen) atoms.